The largest absolute Gasteiger partial charge is 0.313 e. The third kappa shape index (κ3) is 4.13. The molecule has 0 fully saturated rings. The van der Waals surface area contributed by atoms with Crippen LogP contribution in [0.3, 0.4) is 0 Å². The van der Waals surface area contributed by atoms with E-state index in [4.69, 9.17) is 0 Å². The topological polar surface area (TPSA) is 12.0 Å². The molecule has 0 aromatic heterocycles. The molecule has 0 aliphatic rings. The number of benzene rings is 1. The molecule has 1 heteroatoms. The van der Waals surface area contributed by atoms with E-state index in [2.05, 4.69) is 64.3 Å². The van der Waals surface area contributed by atoms with Crippen molar-refractivity contribution in [3.05, 3.63) is 35.4 Å². The van der Waals surface area contributed by atoms with Crippen LogP contribution in [-0.2, 0) is 0 Å². The third-order valence-corrected chi connectivity index (χ3v) is 3.86. The lowest BCUT2D eigenvalue weighted by molar-refractivity contribution is 0.377. The molecule has 1 aromatic rings. The van der Waals surface area contributed by atoms with Crippen LogP contribution in [0.15, 0.2) is 24.3 Å². The Morgan fingerprint density at radius 2 is 1.56 bits per heavy atom. The van der Waals surface area contributed by atoms with Gasteiger partial charge in [0.25, 0.3) is 0 Å². The second-order valence-corrected chi connectivity index (χ2v) is 5.71. The Kier molecular flexibility index (Phi) is 6.42. The van der Waals surface area contributed by atoms with Crippen LogP contribution in [0.2, 0.25) is 0 Å². The SMILES string of the molecule is CCCCC(C)C(NC)c1ccc(C(C)C)cc1. The summed E-state index contributed by atoms with van der Waals surface area (Å²) >= 11 is 0. The van der Waals surface area contributed by atoms with Gasteiger partial charge in [-0.25, -0.2) is 0 Å². The van der Waals surface area contributed by atoms with Crippen LogP contribution in [0.5, 0.6) is 0 Å². The monoisotopic (exact) mass is 247 g/mol. The van der Waals surface area contributed by atoms with E-state index < -0.39 is 0 Å². The van der Waals surface area contributed by atoms with Gasteiger partial charge in [0.1, 0.15) is 0 Å². The van der Waals surface area contributed by atoms with E-state index in [1.807, 2.05) is 0 Å². The molecule has 18 heavy (non-hydrogen) atoms. The molecule has 0 aliphatic heterocycles. The summed E-state index contributed by atoms with van der Waals surface area (Å²) < 4.78 is 0. The van der Waals surface area contributed by atoms with Crippen molar-refractivity contribution < 1.29 is 0 Å². The maximum absolute atomic E-state index is 3.48. The van der Waals surface area contributed by atoms with Gasteiger partial charge >= 0.3 is 0 Å². The zero-order chi connectivity index (χ0) is 13.5. The van der Waals surface area contributed by atoms with Crippen molar-refractivity contribution in [3.8, 4) is 0 Å². The summed E-state index contributed by atoms with van der Waals surface area (Å²) in [6.45, 7) is 9.11. The first-order valence-electron chi connectivity index (χ1n) is 7.37. The zero-order valence-corrected chi connectivity index (χ0v) is 12.7. The van der Waals surface area contributed by atoms with Crippen LogP contribution in [0.4, 0.5) is 0 Å². The van der Waals surface area contributed by atoms with Crippen LogP contribution in [0.1, 0.15) is 70.0 Å². The lowest BCUT2D eigenvalue weighted by Gasteiger charge is -2.24. The highest BCUT2D eigenvalue weighted by Gasteiger charge is 2.16. The highest BCUT2D eigenvalue weighted by molar-refractivity contribution is 5.27. The second kappa shape index (κ2) is 7.58. The normalized spacial score (nSPS) is 14.8. The fourth-order valence-electron chi connectivity index (χ4n) is 2.56. The van der Waals surface area contributed by atoms with Crippen LogP contribution < -0.4 is 5.32 Å². The van der Waals surface area contributed by atoms with E-state index in [1.54, 1.807) is 0 Å². The van der Waals surface area contributed by atoms with Crippen LogP contribution >= 0.6 is 0 Å². The molecule has 0 bridgehead atoms. The minimum absolute atomic E-state index is 0.484. The first-order valence-corrected chi connectivity index (χ1v) is 7.37. The van der Waals surface area contributed by atoms with E-state index in [-0.39, 0.29) is 0 Å². The molecule has 1 N–H and O–H groups in total. The average molecular weight is 247 g/mol. The second-order valence-electron chi connectivity index (χ2n) is 5.71. The molecule has 0 radical (unpaired) electrons. The summed E-state index contributed by atoms with van der Waals surface area (Å²) in [5.74, 6) is 1.31. The molecule has 0 aliphatic carbocycles. The molecular weight excluding hydrogens is 218 g/mol. The Morgan fingerprint density at radius 1 is 1.00 bits per heavy atom. The molecule has 0 heterocycles. The standard InChI is InChI=1S/C17H29N/c1-6-7-8-14(4)17(18-5)16-11-9-15(10-12-16)13(2)3/h9-14,17-18H,6-8H2,1-5H3. The fourth-order valence-corrected chi connectivity index (χ4v) is 2.56. The molecule has 0 amide bonds. The fraction of sp³-hybridized carbons (Fsp3) is 0.647. The Labute approximate surface area is 113 Å². The van der Waals surface area contributed by atoms with Crippen molar-refractivity contribution >= 4 is 0 Å². The minimum atomic E-state index is 0.484. The first kappa shape index (κ1) is 15.2. The number of hydrogen-bond donors (Lipinski definition) is 1. The highest BCUT2D eigenvalue weighted by atomic mass is 14.9. The maximum atomic E-state index is 3.48. The van der Waals surface area contributed by atoms with Crippen molar-refractivity contribution in [3.63, 3.8) is 0 Å². The summed E-state index contributed by atoms with van der Waals surface area (Å²) in [6.07, 6.45) is 3.91. The summed E-state index contributed by atoms with van der Waals surface area (Å²) in [4.78, 5) is 0. The van der Waals surface area contributed by atoms with Crippen molar-refractivity contribution in [2.45, 2.75) is 58.9 Å². The van der Waals surface area contributed by atoms with E-state index in [9.17, 15) is 0 Å². The van der Waals surface area contributed by atoms with Crippen molar-refractivity contribution in [2.75, 3.05) is 7.05 Å². The van der Waals surface area contributed by atoms with E-state index in [0.29, 0.717) is 17.9 Å². The molecule has 0 saturated heterocycles. The number of rotatable bonds is 7. The molecule has 2 atom stereocenters. The average Bonchev–Trinajstić information content (AvgIpc) is 2.37. The van der Waals surface area contributed by atoms with Gasteiger partial charge in [0, 0.05) is 6.04 Å². The van der Waals surface area contributed by atoms with E-state index in [0.717, 1.165) is 0 Å². The third-order valence-electron chi connectivity index (χ3n) is 3.86. The number of hydrogen-bond acceptors (Lipinski definition) is 1. The zero-order valence-electron chi connectivity index (χ0n) is 12.7. The minimum Gasteiger partial charge on any atom is -0.313 e. The Balaban J connectivity index is 2.75. The molecule has 1 rings (SSSR count). The van der Waals surface area contributed by atoms with Gasteiger partial charge in [-0.1, -0.05) is 64.8 Å². The van der Waals surface area contributed by atoms with Crippen molar-refractivity contribution in [1.82, 2.24) is 5.32 Å². The van der Waals surface area contributed by atoms with Gasteiger partial charge in [-0.15, -0.1) is 0 Å². The summed E-state index contributed by atoms with van der Waals surface area (Å²) in [7, 11) is 2.07. The summed E-state index contributed by atoms with van der Waals surface area (Å²) in [5.41, 5.74) is 2.85. The molecule has 0 spiro atoms. The van der Waals surface area contributed by atoms with Crippen LogP contribution in [0.25, 0.3) is 0 Å². The van der Waals surface area contributed by atoms with Gasteiger partial charge in [-0.2, -0.15) is 0 Å². The Bertz CT molecular complexity index is 326. The van der Waals surface area contributed by atoms with Crippen LogP contribution in [0, 0.1) is 5.92 Å². The van der Waals surface area contributed by atoms with E-state index in [1.165, 1.54) is 30.4 Å². The molecule has 2 unspecified atom stereocenters. The molecule has 1 nitrogen and oxygen atoms in total. The number of unbranched alkanes of at least 4 members (excludes halogenated alkanes) is 1. The first-order chi connectivity index (χ1) is 8.60. The van der Waals surface area contributed by atoms with Crippen LogP contribution in [-0.4, -0.2) is 7.05 Å². The van der Waals surface area contributed by atoms with Gasteiger partial charge in [0.05, 0.1) is 0 Å². The Hall–Kier alpha value is -0.820. The van der Waals surface area contributed by atoms with E-state index >= 15 is 0 Å². The highest BCUT2D eigenvalue weighted by Crippen LogP contribution is 2.27. The van der Waals surface area contributed by atoms with Gasteiger partial charge in [0.2, 0.25) is 0 Å². The van der Waals surface area contributed by atoms with Gasteiger partial charge in [-0.05, 0) is 36.4 Å². The van der Waals surface area contributed by atoms with Gasteiger partial charge in [-0.3, -0.25) is 0 Å². The molecule has 1 aromatic carbocycles. The molecule has 0 saturated carbocycles. The summed E-state index contributed by atoms with van der Waals surface area (Å²) in [6, 6.07) is 9.61. The van der Waals surface area contributed by atoms with Crippen molar-refractivity contribution in [2.24, 2.45) is 5.92 Å². The Morgan fingerprint density at radius 3 is 2.00 bits per heavy atom. The lowest BCUT2D eigenvalue weighted by Crippen LogP contribution is -2.23. The van der Waals surface area contributed by atoms with Gasteiger partial charge < -0.3 is 5.32 Å². The number of nitrogens with one attached hydrogen (secondary N) is 1. The maximum Gasteiger partial charge on any atom is 0.0343 e. The quantitative estimate of drug-likeness (QED) is 0.723. The summed E-state index contributed by atoms with van der Waals surface area (Å²) in [5, 5.41) is 3.48. The van der Waals surface area contributed by atoms with Crippen molar-refractivity contribution in [1.29, 1.82) is 0 Å². The predicted octanol–water partition coefficient (Wildman–Crippen LogP) is 4.90. The smallest absolute Gasteiger partial charge is 0.0343 e. The molecular formula is C17H29N. The predicted molar refractivity (Wildman–Crippen MR) is 81.0 cm³/mol. The lowest BCUT2D eigenvalue weighted by atomic mass is 9.89. The van der Waals surface area contributed by atoms with Gasteiger partial charge in [0.15, 0.2) is 0 Å². The molecule has 102 valence electrons.